The molecule has 1 heterocycles. The van der Waals surface area contributed by atoms with Gasteiger partial charge in [0.1, 0.15) is 0 Å². The molecule has 0 amide bonds. The Labute approximate surface area is 137 Å². The highest BCUT2D eigenvalue weighted by Gasteiger charge is 2.36. The van der Waals surface area contributed by atoms with Crippen LogP contribution < -0.4 is 5.32 Å². The molecule has 0 spiro atoms. The maximum absolute atomic E-state index is 5.20. The highest BCUT2D eigenvalue weighted by atomic mass is 79.9. The lowest BCUT2D eigenvalue weighted by Gasteiger charge is -2.41. The van der Waals surface area contributed by atoms with Crippen molar-refractivity contribution in [2.75, 3.05) is 34.4 Å². The topological polar surface area (TPSA) is 42.3 Å². The fraction of sp³-hybridized carbons (Fsp3) is 0.800. The van der Waals surface area contributed by atoms with Gasteiger partial charge in [-0.25, -0.2) is 0 Å². The van der Waals surface area contributed by atoms with E-state index in [-0.39, 0.29) is 11.6 Å². The molecule has 6 heteroatoms. The highest BCUT2D eigenvalue weighted by molar-refractivity contribution is 9.10. The van der Waals surface area contributed by atoms with Crippen LogP contribution in [0.4, 0.5) is 0 Å². The van der Waals surface area contributed by atoms with Crippen molar-refractivity contribution >= 4 is 15.9 Å². The number of halogens is 1. The fourth-order valence-electron chi connectivity index (χ4n) is 2.24. The molecular weight excluding hydrogens is 332 g/mol. The molecule has 21 heavy (non-hydrogen) atoms. The maximum Gasteiger partial charge on any atom is 0.0715 e. The molecule has 5 nitrogen and oxygen atoms in total. The average Bonchev–Trinajstić information content (AvgIpc) is 2.78. The van der Waals surface area contributed by atoms with E-state index in [9.17, 15) is 0 Å². The van der Waals surface area contributed by atoms with Crippen molar-refractivity contribution in [2.24, 2.45) is 0 Å². The van der Waals surface area contributed by atoms with Gasteiger partial charge in [-0.2, -0.15) is 5.10 Å². The number of likely N-dealkylation sites (N-methyl/N-ethyl adjacent to an activating group) is 1. The van der Waals surface area contributed by atoms with Crippen molar-refractivity contribution in [3.05, 3.63) is 16.4 Å². The Hall–Kier alpha value is -0.430. The first kappa shape index (κ1) is 18.6. The van der Waals surface area contributed by atoms with Gasteiger partial charge < -0.3 is 15.0 Å². The summed E-state index contributed by atoms with van der Waals surface area (Å²) in [5.74, 6) is 0. The summed E-state index contributed by atoms with van der Waals surface area (Å²) in [6.07, 6.45) is 2.97. The summed E-state index contributed by atoms with van der Waals surface area (Å²) in [5, 5.41) is 8.16. The lowest BCUT2D eigenvalue weighted by atomic mass is 9.90. The summed E-state index contributed by atoms with van der Waals surface area (Å²) in [4.78, 5) is 2.25. The summed E-state index contributed by atoms with van der Waals surface area (Å²) in [6, 6.07) is 0.182. The van der Waals surface area contributed by atoms with E-state index in [1.807, 2.05) is 10.9 Å². The predicted molar refractivity (Wildman–Crippen MR) is 90.6 cm³/mol. The molecule has 0 bridgehead atoms. The zero-order valence-corrected chi connectivity index (χ0v) is 15.7. The zero-order valence-electron chi connectivity index (χ0n) is 14.1. The molecular formula is C15H29BrN4O. The molecule has 0 aliphatic heterocycles. The van der Waals surface area contributed by atoms with E-state index in [0.29, 0.717) is 6.61 Å². The van der Waals surface area contributed by atoms with Crippen LogP contribution in [0.5, 0.6) is 0 Å². The van der Waals surface area contributed by atoms with E-state index in [2.05, 4.69) is 66.1 Å². The minimum Gasteiger partial charge on any atom is -0.383 e. The molecule has 1 aromatic rings. The van der Waals surface area contributed by atoms with Crippen LogP contribution in [0.15, 0.2) is 10.7 Å². The quantitative estimate of drug-likeness (QED) is 0.734. The Kier molecular flexibility index (Phi) is 7.33. The highest BCUT2D eigenvalue weighted by Crippen LogP contribution is 2.33. The van der Waals surface area contributed by atoms with E-state index in [1.165, 1.54) is 5.69 Å². The molecule has 122 valence electrons. The van der Waals surface area contributed by atoms with Crippen LogP contribution in [0.2, 0.25) is 0 Å². The smallest absolute Gasteiger partial charge is 0.0715 e. The van der Waals surface area contributed by atoms with E-state index in [4.69, 9.17) is 4.74 Å². The Morgan fingerprint density at radius 3 is 2.67 bits per heavy atom. The number of nitrogens with one attached hydrogen (secondary N) is 1. The van der Waals surface area contributed by atoms with Gasteiger partial charge in [0.2, 0.25) is 0 Å². The van der Waals surface area contributed by atoms with Gasteiger partial charge in [-0.1, -0.05) is 6.92 Å². The third kappa shape index (κ3) is 4.52. The minimum absolute atomic E-state index is 0.0391. The lowest BCUT2D eigenvalue weighted by Crippen LogP contribution is -2.50. The molecule has 1 unspecified atom stereocenters. The van der Waals surface area contributed by atoms with E-state index >= 15 is 0 Å². The Bertz CT molecular complexity index is 431. The molecule has 0 saturated heterocycles. The summed E-state index contributed by atoms with van der Waals surface area (Å²) in [7, 11) is 5.95. The molecule has 1 rings (SSSR count). The molecule has 0 aliphatic rings. The third-order valence-corrected chi connectivity index (χ3v) is 4.68. The Morgan fingerprint density at radius 1 is 1.48 bits per heavy atom. The number of hydrogen-bond acceptors (Lipinski definition) is 4. The number of methoxy groups -OCH3 is 1. The van der Waals surface area contributed by atoms with Crippen LogP contribution >= 0.6 is 15.9 Å². The fourth-order valence-corrected chi connectivity index (χ4v) is 2.77. The van der Waals surface area contributed by atoms with Gasteiger partial charge >= 0.3 is 0 Å². The second kappa shape index (κ2) is 8.27. The van der Waals surface area contributed by atoms with Crippen LogP contribution in [-0.4, -0.2) is 54.6 Å². The molecule has 1 N–H and O–H groups in total. The summed E-state index contributed by atoms with van der Waals surface area (Å²) >= 11 is 3.66. The second-order valence-corrected chi connectivity index (χ2v) is 6.88. The average molecular weight is 361 g/mol. The van der Waals surface area contributed by atoms with Crippen molar-refractivity contribution in [1.82, 2.24) is 20.0 Å². The summed E-state index contributed by atoms with van der Waals surface area (Å²) in [5.41, 5.74) is 1.14. The molecule has 1 atom stereocenters. The number of hydrogen-bond donors (Lipinski definition) is 1. The number of ether oxygens (including phenoxy) is 1. The van der Waals surface area contributed by atoms with Crippen molar-refractivity contribution in [2.45, 2.75) is 45.3 Å². The monoisotopic (exact) mass is 360 g/mol. The van der Waals surface area contributed by atoms with Crippen molar-refractivity contribution in [1.29, 1.82) is 0 Å². The second-order valence-electron chi connectivity index (χ2n) is 6.03. The van der Waals surface area contributed by atoms with Crippen molar-refractivity contribution in [3.8, 4) is 0 Å². The van der Waals surface area contributed by atoms with Gasteiger partial charge in [0.25, 0.3) is 0 Å². The van der Waals surface area contributed by atoms with E-state index in [0.717, 1.165) is 24.0 Å². The molecule has 1 aromatic heterocycles. The van der Waals surface area contributed by atoms with Gasteiger partial charge in [-0.3, -0.25) is 4.68 Å². The van der Waals surface area contributed by atoms with E-state index < -0.39 is 0 Å². The number of aromatic nitrogens is 2. The molecule has 0 fully saturated rings. The largest absolute Gasteiger partial charge is 0.383 e. The van der Waals surface area contributed by atoms with Gasteiger partial charge in [0.05, 0.1) is 35.6 Å². The number of rotatable bonds is 9. The van der Waals surface area contributed by atoms with Crippen LogP contribution in [-0.2, 0) is 11.3 Å². The molecule has 0 radical (unpaired) electrons. The SMILES string of the molecule is CCCNC(c1c(Br)cnn1CCOC)C(C)(C)N(C)C. The predicted octanol–water partition coefficient (Wildman–Crippen LogP) is 2.67. The summed E-state index contributed by atoms with van der Waals surface area (Å²) in [6.45, 7) is 9.07. The third-order valence-electron chi connectivity index (χ3n) is 4.07. The maximum atomic E-state index is 5.20. The first-order valence-corrected chi connectivity index (χ1v) is 8.26. The van der Waals surface area contributed by atoms with Crippen LogP contribution in [0.3, 0.4) is 0 Å². The van der Waals surface area contributed by atoms with Crippen molar-refractivity contribution in [3.63, 3.8) is 0 Å². The summed E-state index contributed by atoms with van der Waals surface area (Å²) < 4.78 is 8.27. The van der Waals surface area contributed by atoms with Gasteiger partial charge in [-0.15, -0.1) is 0 Å². The molecule has 0 aliphatic carbocycles. The van der Waals surface area contributed by atoms with E-state index in [1.54, 1.807) is 7.11 Å². The lowest BCUT2D eigenvalue weighted by molar-refractivity contribution is 0.129. The van der Waals surface area contributed by atoms with Crippen LogP contribution in [0, 0.1) is 0 Å². The normalized spacial score (nSPS) is 13.9. The molecule has 0 aromatic carbocycles. The first-order valence-electron chi connectivity index (χ1n) is 7.47. The Morgan fingerprint density at radius 2 is 2.14 bits per heavy atom. The van der Waals surface area contributed by atoms with Crippen LogP contribution in [0.1, 0.15) is 38.9 Å². The standard InChI is InChI=1S/C15H29BrN4O/c1-7-8-17-14(15(2,3)19(4)5)13-12(16)11-18-20(13)9-10-21-6/h11,14,17H,7-10H2,1-6H3. The number of nitrogens with zero attached hydrogens (tertiary/aromatic N) is 3. The first-order chi connectivity index (χ1) is 9.86. The van der Waals surface area contributed by atoms with Crippen molar-refractivity contribution < 1.29 is 4.74 Å². The van der Waals surface area contributed by atoms with Gasteiger partial charge in [0.15, 0.2) is 0 Å². The zero-order chi connectivity index (χ0) is 16.0. The Balaban J connectivity index is 3.16. The minimum atomic E-state index is -0.0391. The van der Waals surface area contributed by atoms with Gasteiger partial charge in [0, 0.05) is 12.6 Å². The molecule has 0 saturated carbocycles. The van der Waals surface area contributed by atoms with Gasteiger partial charge in [-0.05, 0) is 56.8 Å². The van der Waals surface area contributed by atoms with Crippen LogP contribution in [0.25, 0.3) is 0 Å².